The molecule has 452 valence electrons. The molecule has 1 aliphatic carbocycles. The molecular formula is C91H88. The minimum Gasteiger partial charge on any atom is -0.0622 e. The zero-order chi connectivity index (χ0) is 64.3. The third-order valence-corrected chi connectivity index (χ3v) is 17.1. The molecule has 0 aliphatic heterocycles. The predicted molar refractivity (Wildman–Crippen MR) is 399 cm³/mol. The Bertz CT molecular complexity index is 4490. The second kappa shape index (κ2) is 31.4. The van der Waals surface area contributed by atoms with E-state index in [1.165, 1.54) is 144 Å². The van der Waals surface area contributed by atoms with E-state index in [0.717, 1.165) is 0 Å². The fourth-order valence-electron chi connectivity index (χ4n) is 11.7. The van der Waals surface area contributed by atoms with Gasteiger partial charge in [-0.2, -0.15) is 0 Å². The molecule has 0 N–H and O–H groups in total. The SMILES string of the molecule is Cc1ccc(-c2ccc3ccccc3c2)cc1.Cc1ccc(-c2ccccc2)c2ccccc12.Cc1ccc(C)cc1.Cc1ccc2c(c1)C(C)(C)c1ccccc1-2.Cc1cccc(C)c1.Cc1cccc2c(-c3ccccc3)cccc12.Cc1ccccc1C. The van der Waals surface area contributed by atoms with E-state index < -0.39 is 0 Å². The van der Waals surface area contributed by atoms with E-state index in [4.69, 9.17) is 0 Å². The van der Waals surface area contributed by atoms with Crippen LogP contribution in [0.3, 0.4) is 0 Å². The molecule has 0 unspecified atom stereocenters. The topological polar surface area (TPSA) is 0 Å². The Balaban J connectivity index is 0.000000129. The minimum absolute atomic E-state index is 0.151. The van der Waals surface area contributed by atoms with Crippen LogP contribution in [0.1, 0.15) is 80.6 Å². The predicted octanol–water partition coefficient (Wildman–Crippen LogP) is 25.7. The van der Waals surface area contributed by atoms with Gasteiger partial charge in [0, 0.05) is 5.41 Å². The first-order chi connectivity index (χ1) is 44.0. The Morgan fingerprint density at radius 3 is 1.13 bits per heavy atom. The molecule has 14 aromatic rings. The molecule has 0 fully saturated rings. The van der Waals surface area contributed by atoms with Crippen molar-refractivity contribution in [3.63, 3.8) is 0 Å². The number of benzene rings is 14. The van der Waals surface area contributed by atoms with Gasteiger partial charge in [0.25, 0.3) is 0 Å². The van der Waals surface area contributed by atoms with Crippen molar-refractivity contribution in [1.82, 2.24) is 0 Å². The number of aryl methyl sites for hydroxylation is 10. The van der Waals surface area contributed by atoms with Gasteiger partial charge in [-0.3, -0.25) is 0 Å². The first-order valence-corrected chi connectivity index (χ1v) is 32.0. The molecule has 91 heavy (non-hydrogen) atoms. The quantitative estimate of drug-likeness (QED) is 0.165. The normalized spacial score (nSPS) is 11.2. The maximum absolute atomic E-state index is 2.33. The molecule has 0 amide bonds. The van der Waals surface area contributed by atoms with Gasteiger partial charge in [-0.1, -0.05) is 357 Å². The van der Waals surface area contributed by atoms with E-state index in [1.807, 2.05) is 0 Å². The van der Waals surface area contributed by atoms with Gasteiger partial charge in [0.15, 0.2) is 0 Å². The molecule has 0 heteroatoms. The van der Waals surface area contributed by atoms with Crippen molar-refractivity contribution in [2.75, 3.05) is 0 Å². The molecule has 0 aromatic heterocycles. The minimum atomic E-state index is 0.151. The van der Waals surface area contributed by atoms with Gasteiger partial charge in [-0.15, -0.1) is 0 Å². The van der Waals surface area contributed by atoms with Crippen molar-refractivity contribution in [2.45, 2.75) is 88.5 Å². The van der Waals surface area contributed by atoms with Gasteiger partial charge in [0.05, 0.1) is 0 Å². The molecule has 0 spiro atoms. The second-order valence-corrected chi connectivity index (χ2v) is 24.7. The average molecular weight is 1180 g/mol. The lowest BCUT2D eigenvalue weighted by Crippen LogP contribution is -2.14. The molecule has 15 rings (SSSR count). The fraction of sp³-hybridized carbons (Fsp3) is 0.143. The number of fused-ring (bicyclic) bond motifs is 6. The summed E-state index contributed by atoms with van der Waals surface area (Å²) in [6, 6.07) is 112. The smallest absolute Gasteiger partial charge is 0.0158 e. The van der Waals surface area contributed by atoms with Crippen LogP contribution in [-0.4, -0.2) is 0 Å². The highest BCUT2D eigenvalue weighted by atomic mass is 14.4. The Labute approximate surface area is 544 Å². The van der Waals surface area contributed by atoms with E-state index in [9.17, 15) is 0 Å². The van der Waals surface area contributed by atoms with Crippen LogP contribution in [0.25, 0.3) is 76.8 Å². The maximum atomic E-state index is 2.33. The average Bonchev–Trinajstić information content (AvgIpc) is 1.61. The van der Waals surface area contributed by atoms with Crippen molar-refractivity contribution >= 4 is 32.3 Å². The summed E-state index contributed by atoms with van der Waals surface area (Å²) in [5.74, 6) is 0. The van der Waals surface area contributed by atoms with E-state index in [2.05, 4.69) is 399 Å². The summed E-state index contributed by atoms with van der Waals surface area (Å²) < 4.78 is 0. The van der Waals surface area contributed by atoms with Crippen LogP contribution in [0, 0.1) is 69.2 Å². The molecule has 0 saturated heterocycles. The third-order valence-electron chi connectivity index (χ3n) is 17.1. The molecule has 14 aromatic carbocycles. The van der Waals surface area contributed by atoms with Gasteiger partial charge >= 0.3 is 0 Å². The lowest BCUT2D eigenvalue weighted by atomic mass is 9.82. The summed E-state index contributed by atoms with van der Waals surface area (Å²) >= 11 is 0. The Morgan fingerprint density at radius 1 is 0.187 bits per heavy atom. The van der Waals surface area contributed by atoms with Crippen molar-refractivity contribution in [3.8, 4) is 44.5 Å². The summed E-state index contributed by atoms with van der Waals surface area (Å²) in [5, 5.41) is 7.94. The molecule has 0 radical (unpaired) electrons. The molecule has 0 bridgehead atoms. The van der Waals surface area contributed by atoms with Crippen molar-refractivity contribution in [2.24, 2.45) is 0 Å². The zero-order valence-corrected chi connectivity index (χ0v) is 55.5. The Morgan fingerprint density at radius 2 is 0.560 bits per heavy atom. The van der Waals surface area contributed by atoms with E-state index >= 15 is 0 Å². The van der Waals surface area contributed by atoms with Gasteiger partial charge < -0.3 is 0 Å². The molecular weight excluding hydrogens is 1090 g/mol. The number of rotatable bonds is 3. The van der Waals surface area contributed by atoms with Crippen LogP contribution >= 0.6 is 0 Å². The highest BCUT2D eigenvalue weighted by Crippen LogP contribution is 2.48. The van der Waals surface area contributed by atoms with Crippen LogP contribution in [0.15, 0.2) is 315 Å². The summed E-state index contributed by atoms with van der Waals surface area (Å²) in [5.41, 5.74) is 27.0. The summed E-state index contributed by atoms with van der Waals surface area (Å²) in [7, 11) is 0. The molecule has 0 saturated carbocycles. The van der Waals surface area contributed by atoms with E-state index in [0.29, 0.717) is 0 Å². The van der Waals surface area contributed by atoms with E-state index in [1.54, 1.807) is 0 Å². The Kier molecular flexibility index (Phi) is 22.5. The van der Waals surface area contributed by atoms with Gasteiger partial charge in [-0.25, -0.2) is 0 Å². The monoisotopic (exact) mass is 1180 g/mol. The highest BCUT2D eigenvalue weighted by Gasteiger charge is 2.34. The lowest BCUT2D eigenvalue weighted by molar-refractivity contribution is 0.660. The van der Waals surface area contributed by atoms with E-state index in [-0.39, 0.29) is 5.41 Å². The van der Waals surface area contributed by atoms with Gasteiger partial charge in [0.2, 0.25) is 0 Å². The summed E-state index contributed by atoms with van der Waals surface area (Å²) in [6.45, 7) is 25.9. The molecule has 0 atom stereocenters. The number of hydrogen-bond donors (Lipinski definition) is 0. The summed E-state index contributed by atoms with van der Waals surface area (Å²) in [4.78, 5) is 0. The van der Waals surface area contributed by atoms with Crippen molar-refractivity contribution < 1.29 is 0 Å². The maximum Gasteiger partial charge on any atom is 0.0158 e. The molecule has 0 heterocycles. The zero-order valence-electron chi connectivity index (χ0n) is 55.5. The first-order valence-electron chi connectivity index (χ1n) is 32.0. The fourth-order valence-corrected chi connectivity index (χ4v) is 11.7. The van der Waals surface area contributed by atoms with Crippen LogP contribution in [0.4, 0.5) is 0 Å². The van der Waals surface area contributed by atoms with Crippen LogP contribution in [0.5, 0.6) is 0 Å². The van der Waals surface area contributed by atoms with Crippen LogP contribution in [0.2, 0.25) is 0 Å². The highest BCUT2D eigenvalue weighted by molar-refractivity contribution is 5.99. The first kappa shape index (κ1) is 65.3. The van der Waals surface area contributed by atoms with Crippen molar-refractivity contribution in [3.05, 3.63) is 382 Å². The summed E-state index contributed by atoms with van der Waals surface area (Å²) in [6.07, 6.45) is 0. The van der Waals surface area contributed by atoms with Crippen LogP contribution < -0.4 is 0 Å². The molecule has 1 aliphatic rings. The second-order valence-electron chi connectivity index (χ2n) is 24.7. The van der Waals surface area contributed by atoms with Crippen LogP contribution in [-0.2, 0) is 5.41 Å². The standard InChI is InChI=1S/3C17H14.C16H16.3C8H10/c1-13-7-5-12-17-15(13)10-6-11-16(17)14-8-3-2-4-9-14;1-13-11-12-16(14-7-3-2-4-8-14)17-10-6-5-9-15(13)17;1-13-6-8-15(9-7-13)17-11-10-14-4-2-3-5-16(14)12-17;1-11-8-9-13-12-6-4-5-7-14(12)16(2,3)15(13)10-11;1-7-3-5-8(2)6-4-7;1-7-4-3-5-8(2)6-7;1-7-5-3-4-6-8(7)2/h3*2-12H,1H3;4-10H,1-3H3;3*3-6H,1-2H3. The Hall–Kier alpha value is -10.1. The van der Waals surface area contributed by atoms with Gasteiger partial charge in [-0.05, 0) is 186 Å². The third kappa shape index (κ3) is 17.4. The number of hydrogen-bond acceptors (Lipinski definition) is 0. The largest absolute Gasteiger partial charge is 0.0622 e. The lowest BCUT2D eigenvalue weighted by Gasteiger charge is -2.21. The molecule has 0 nitrogen and oxygen atoms in total. The van der Waals surface area contributed by atoms with Gasteiger partial charge in [0.1, 0.15) is 0 Å². The van der Waals surface area contributed by atoms with Crippen molar-refractivity contribution in [1.29, 1.82) is 0 Å².